The zero-order valence-electron chi connectivity index (χ0n) is 25.0. The van der Waals surface area contributed by atoms with Crippen molar-refractivity contribution in [2.45, 2.75) is 0 Å². The Balaban J connectivity index is 1.81. The van der Waals surface area contributed by atoms with Crippen molar-refractivity contribution in [2.24, 2.45) is 0 Å². The second-order valence-electron chi connectivity index (χ2n) is 10.5. The third kappa shape index (κ3) is 5.06. The van der Waals surface area contributed by atoms with Crippen LogP contribution in [0.25, 0.3) is 22.3 Å². The summed E-state index contributed by atoms with van der Waals surface area (Å²) in [5.74, 6) is -4.31. The highest BCUT2D eigenvalue weighted by Gasteiger charge is 2.45. The number of hydrogen-bond acceptors (Lipinski definition) is 8. The van der Waals surface area contributed by atoms with Crippen LogP contribution in [0.2, 0.25) is 0 Å². The Labute approximate surface area is 280 Å². The molecule has 0 atom stereocenters. The number of benzene rings is 2. The molecule has 0 N–H and O–H groups in total. The molecule has 2 aromatic heterocycles. The molecular formula is C38H12F4N8. The van der Waals surface area contributed by atoms with E-state index in [1.54, 1.807) is 12.1 Å². The predicted molar refractivity (Wildman–Crippen MR) is 168 cm³/mol. The average molecular weight is 657 g/mol. The first-order chi connectivity index (χ1) is 24.2. The lowest BCUT2D eigenvalue weighted by molar-refractivity contribution is 0.623. The largest absolute Gasteiger partial charge is 0.246 e. The average Bonchev–Trinajstić information content (AvgIpc) is 3.60. The van der Waals surface area contributed by atoms with Crippen molar-refractivity contribution < 1.29 is 17.6 Å². The molecule has 0 unspecified atom stereocenters. The maximum absolute atomic E-state index is 17.3. The van der Waals surface area contributed by atoms with Crippen LogP contribution >= 0.6 is 0 Å². The van der Waals surface area contributed by atoms with Gasteiger partial charge in [0.15, 0.2) is 0 Å². The van der Waals surface area contributed by atoms with E-state index < -0.39 is 56.7 Å². The molecule has 2 heterocycles. The molecule has 0 spiro atoms. The maximum atomic E-state index is 17.3. The van der Waals surface area contributed by atoms with Gasteiger partial charge in [-0.2, -0.15) is 31.6 Å². The lowest BCUT2D eigenvalue weighted by Crippen LogP contribution is -2.01. The minimum atomic E-state index is -1.15. The molecule has 0 fully saturated rings. The van der Waals surface area contributed by atoms with Crippen molar-refractivity contribution in [3.63, 3.8) is 0 Å². The van der Waals surface area contributed by atoms with E-state index in [1.165, 1.54) is 48.8 Å². The molecule has 0 aliphatic heterocycles. The van der Waals surface area contributed by atoms with Crippen LogP contribution in [0, 0.1) is 79.6 Å². The van der Waals surface area contributed by atoms with Gasteiger partial charge >= 0.3 is 0 Å². The van der Waals surface area contributed by atoms with Crippen molar-refractivity contribution in [2.75, 3.05) is 0 Å². The number of aromatic nitrogens is 2. The molecular weight excluding hydrogens is 644 g/mol. The summed E-state index contributed by atoms with van der Waals surface area (Å²) in [5, 5.41) is 58.6. The van der Waals surface area contributed by atoms with Crippen LogP contribution in [0.15, 0.2) is 107 Å². The van der Waals surface area contributed by atoms with Gasteiger partial charge in [-0.25, -0.2) is 27.5 Å². The summed E-state index contributed by atoms with van der Waals surface area (Å²) in [6.07, 6.45) is 2.38. The third-order valence-electron chi connectivity index (χ3n) is 7.93. The van der Waals surface area contributed by atoms with E-state index in [9.17, 15) is 40.4 Å². The number of nitrogens with zero attached hydrogens (tertiary/aromatic N) is 8. The van der Waals surface area contributed by atoms with Crippen molar-refractivity contribution in [3.8, 4) is 36.4 Å². The van der Waals surface area contributed by atoms with Crippen LogP contribution in [0.1, 0.15) is 44.8 Å². The van der Waals surface area contributed by atoms with Crippen LogP contribution in [0.4, 0.5) is 17.6 Å². The molecule has 2 aliphatic carbocycles. The standard InChI is InChI=1S/C38H12F4N8/c39-29-11-19(1-3-23(29)13-43)27(17-47)33-31(21-5-7-49-25(9-21)15-45)37(41)36-34(28(18-48)20-2-4-24(14-44)30(40)12-20)32(38(42)35(33)36)22-6-8-50-26(10-22)16-46/h1-12H/b33-27-,34-28-. The minimum absolute atomic E-state index is 0.0207. The van der Waals surface area contributed by atoms with Gasteiger partial charge in [-0.1, -0.05) is 12.1 Å². The lowest BCUT2D eigenvalue weighted by Gasteiger charge is -2.16. The van der Waals surface area contributed by atoms with Gasteiger partial charge in [0, 0.05) is 45.8 Å². The SMILES string of the molecule is N#C/C(=C1C2=C(C(F)=C/1c1ccnc(C#N)c1)/C(=C(/C#N)c1ccc(C#N)c(F)c1)C(c1ccnc(C#N)c1)=C2F)c1ccc(C#N)c(F)c1. The molecule has 0 bridgehead atoms. The van der Waals surface area contributed by atoms with Gasteiger partial charge in [0.1, 0.15) is 71.1 Å². The van der Waals surface area contributed by atoms with Crippen LogP contribution in [-0.4, -0.2) is 9.97 Å². The Morgan fingerprint density at radius 1 is 0.480 bits per heavy atom. The lowest BCUT2D eigenvalue weighted by atomic mass is 9.87. The molecule has 2 aromatic carbocycles. The van der Waals surface area contributed by atoms with E-state index in [1.807, 2.05) is 24.3 Å². The van der Waals surface area contributed by atoms with Crippen molar-refractivity contribution in [3.05, 3.63) is 163 Å². The molecule has 50 heavy (non-hydrogen) atoms. The highest BCUT2D eigenvalue weighted by molar-refractivity contribution is 6.14. The second-order valence-corrected chi connectivity index (χ2v) is 10.5. The first-order valence-corrected chi connectivity index (χ1v) is 14.2. The first-order valence-electron chi connectivity index (χ1n) is 14.2. The summed E-state index contributed by atoms with van der Waals surface area (Å²) >= 11 is 0. The minimum Gasteiger partial charge on any atom is -0.246 e. The molecule has 8 nitrogen and oxygen atoms in total. The topological polar surface area (TPSA) is 169 Å². The van der Waals surface area contributed by atoms with Gasteiger partial charge in [-0.15, -0.1) is 0 Å². The van der Waals surface area contributed by atoms with Gasteiger partial charge in [0.25, 0.3) is 0 Å². The van der Waals surface area contributed by atoms with Crippen molar-refractivity contribution >= 4 is 22.3 Å². The Morgan fingerprint density at radius 2 is 0.880 bits per heavy atom. The fraction of sp³-hybridized carbons (Fsp3) is 0. The number of rotatable bonds is 4. The van der Waals surface area contributed by atoms with Crippen molar-refractivity contribution in [1.29, 1.82) is 31.6 Å². The molecule has 4 aromatic rings. The predicted octanol–water partition coefficient (Wildman–Crippen LogP) is 7.58. The fourth-order valence-electron chi connectivity index (χ4n) is 5.80. The zero-order valence-corrected chi connectivity index (χ0v) is 25.0. The summed E-state index contributed by atoms with van der Waals surface area (Å²) in [5.41, 5.74) is -4.77. The molecule has 232 valence electrons. The van der Waals surface area contributed by atoms with E-state index in [4.69, 9.17) is 0 Å². The van der Waals surface area contributed by atoms with E-state index in [-0.39, 0.29) is 55.9 Å². The van der Waals surface area contributed by atoms with E-state index in [2.05, 4.69) is 9.97 Å². The van der Waals surface area contributed by atoms with E-state index in [0.29, 0.717) is 0 Å². The number of hydrogen-bond donors (Lipinski definition) is 0. The van der Waals surface area contributed by atoms with Crippen LogP contribution in [0.3, 0.4) is 0 Å². The first kappa shape index (κ1) is 32.1. The highest BCUT2D eigenvalue weighted by Crippen LogP contribution is 2.59. The zero-order chi connectivity index (χ0) is 35.7. The van der Waals surface area contributed by atoms with Gasteiger partial charge in [-0.05, 0) is 70.8 Å². The van der Waals surface area contributed by atoms with Gasteiger partial charge < -0.3 is 0 Å². The molecule has 2 aliphatic rings. The number of halogens is 4. The van der Waals surface area contributed by atoms with Gasteiger partial charge in [-0.3, -0.25) is 0 Å². The normalized spacial score (nSPS) is 15.3. The Hall–Kier alpha value is -7.90. The molecule has 0 saturated heterocycles. The van der Waals surface area contributed by atoms with Crippen LogP contribution in [0.5, 0.6) is 0 Å². The van der Waals surface area contributed by atoms with E-state index in [0.717, 1.165) is 24.3 Å². The number of nitriles is 6. The summed E-state index contributed by atoms with van der Waals surface area (Å²) in [7, 11) is 0. The summed E-state index contributed by atoms with van der Waals surface area (Å²) in [6.45, 7) is 0. The number of allylic oxidation sites excluding steroid dienone is 10. The molecule has 0 amide bonds. The van der Waals surface area contributed by atoms with Crippen LogP contribution < -0.4 is 0 Å². The maximum Gasteiger partial charge on any atom is 0.141 e. The smallest absolute Gasteiger partial charge is 0.141 e. The molecule has 6 rings (SSSR count). The second kappa shape index (κ2) is 12.7. The van der Waals surface area contributed by atoms with Gasteiger partial charge in [0.05, 0.1) is 22.3 Å². The third-order valence-corrected chi connectivity index (χ3v) is 7.93. The summed E-state index contributed by atoms with van der Waals surface area (Å²) < 4.78 is 64.5. The van der Waals surface area contributed by atoms with E-state index >= 15 is 8.78 Å². The Kier molecular flexibility index (Phi) is 8.15. The summed E-state index contributed by atoms with van der Waals surface area (Å²) in [4.78, 5) is 7.80. The Bertz CT molecular complexity index is 2470. The molecule has 0 radical (unpaired) electrons. The fourth-order valence-corrected chi connectivity index (χ4v) is 5.80. The van der Waals surface area contributed by atoms with Gasteiger partial charge in [0.2, 0.25) is 0 Å². The monoisotopic (exact) mass is 656 g/mol. The summed E-state index contributed by atoms with van der Waals surface area (Å²) in [6, 6.07) is 22.2. The van der Waals surface area contributed by atoms with Crippen LogP contribution in [-0.2, 0) is 0 Å². The molecule has 0 saturated carbocycles. The van der Waals surface area contributed by atoms with Crippen molar-refractivity contribution in [1.82, 2.24) is 9.97 Å². The molecule has 12 heteroatoms. The number of pyridine rings is 2. The Morgan fingerprint density at radius 3 is 1.20 bits per heavy atom. The highest BCUT2D eigenvalue weighted by atomic mass is 19.1. The quantitative estimate of drug-likeness (QED) is 0.160.